The Balaban J connectivity index is 2.15. The number of hydrogen-bond acceptors (Lipinski definition) is 1. The maximum absolute atomic E-state index is 12.6. The van der Waals surface area contributed by atoms with Gasteiger partial charge in [0.25, 0.3) is 0 Å². The second-order valence-electron chi connectivity index (χ2n) is 4.47. The fraction of sp³-hybridized carbons (Fsp3) is 0.200. The monoisotopic (exact) mass is 344 g/mol. The molecule has 0 bridgehead atoms. The summed E-state index contributed by atoms with van der Waals surface area (Å²) in [7, 11) is 0. The largest absolute Gasteiger partial charge is 0.416 e. The molecule has 0 aliphatic heterocycles. The minimum absolute atomic E-state index is 0.144. The lowest BCUT2D eigenvalue weighted by Crippen LogP contribution is -2.07. The summed E-state index contributed by atoms with van der Waals surface area (Å²) in [5, 5.41) is 10.1. The van der Waals surface area contributed by atoms with E-state index in [0.717, 1.165) is 16.6 Å². The van der Waals surface area contributed by atoms with E-state index < -0.39 is 17.8 Å². The lowest BCUT2D eigenvalue weighted by molar-refractivity contribution is -0.137. The molecule has 0 saturated heterocycles. The zero-order chi connectivity index (χ0) is 14.8. The molecule has 0 saturated carbocycles. The first-order valence-corrected chi connectivity index (χ1v) is 6.75. The van der Waals surface area contributed by atoms with Crippen molar-refractivity contribution in [2.45, 2.75) is 18.7 Å². The van der Waals surface area contributed by atoms with E-state index in [1.165, 1.54) is 6.07 Å². The highest BCUT2D eigenvalue weighted by Crippen LogP contribution is 2.30. The van der Waals surface area contributed by atoms with Crippen LogP contribution in [0.5, 0.6) is 0 Å². The first-order chi connectivity index (χ1) is 9.36. The van der Waals surface area contributed by atoms with E-state index in [-0.39, 0.29) is 6.42 Å². The van der Waals surface area contributed by atoms with Crippen LogP contribution >= 0.6 is 15.9 Å². The van der Waals surface area contributed by atoms with Gasteiger partial charge in [-0.05, 0) is 29.3 Å². The zero-order valence-corrected chi connectivity index (χ0v) is 11.9. The molecule has 0 aliphatic carbocycles. The highest BCUT2D eigenvalue weighted by Gasteiger charge is 2.30. The third-order valence-corrected chi connectivity index (χ3v) is 3.47. The van der Waals surface area contributed by atoms with Crippen LogP contribution in [0.4, 0.5) is 13.2 Å². The second-order valence-corrected chi connectivity index (χ2v) is 5.39. The van der Waals surface area contributed by atoms with E-state index in [4.69, 9.17) is 0 Å². The normalized spacial score (nSPS) is 13.2. The third-order valence-electron chi connectivity index (χ3n) is 2.94. The Morgan fingerprint density at radius 1 is 1.05 bits per heavy atom. The Morgan fingerprint density at radius 2 is 1.70 bits per heavy atom. The van der Waals surface area contributed by atoms with Crippen LogP contribution in [0.25, 0.3) is 0 Å². The van der Waals surface area contributed by atoms with Gasteiger partial charge in [-0.3, -0.25) is 0 Å². The molecule has 20 heavy (non-hydrogen) atoms. The van der Waals surface area contributed by atoms with E-state index in [1.54, 1.807) is 30.3 Å². The molecule has 1 atom stereocenters. The van der Waals surface area contributed by atoms with Crippen LogP contribution in [-0.4, -0.2) is 5.11 Å². The summed E-state index contributed by atoms with van der Waals surface area (Å²) in [5.74, 6) is 0. The molecule has 0 radical (unpaired) electrons. The summed E-state index contributed by atoms with van der Waals surface area (Å²) in [5.41, 5.74) is 0.430. The number of aliphatic hydroxyl groups excluding tert-OH is 1. The van der Waals surface area contributed by atoms with Crippen LogP contribution in [0.2, 0.25) is 0 Å². The Labute approximate surface area is 123 Å². The van der Waals surface area contributed by atoms with Crippen LogP contribution in [0, 0.1) is 0 Å². The van der Waals surface area contributed by atoms with Gasteiger partial charge < -0.3 is 5.11 Å². The second kappa shape index (κ2) is 5.97. The van der Waals surface area contributed by atoms with Crippen LogP contribution in [0.15, 0.2) is 53.0 Å². The Hall–Kier alpha value is -1.33. The maximum atomic E-state index is 12.6. The highest BCUT2D eigenvalue weighted by atomic mass is 79.9. The summed E-state index contributed by atoms with van der Waals surface area (Å²) in [6, 6.07) is 12.1. The molecule has 0 aliphatic rings. The van der Waals surface area contributed by atoms with E-state index in [2.05, 4.69) is 15.9 Å². The summed E-state index contributed by atoms with van der Waals surface area (Å²) < 4.78 is 38.7. The van der Waals surface area contributed by atoms with E-state index in [1.807, 2.05) is 0 Å². The first kappa shape index (κ1) is 15.1. The molecule has 2 aromatic rings. The number of rotatable bonds is 3. The van der Waals surface area contributed by atoms with Crippen LogP contribution < -0.4 is 0 Å². The molecule has 1 nitrogen and oxygen atoms in total. The van der Waals surface area contributed by atoms with E-state index in [0.29, 0.717) is 11.1 Å². The van der Waals surface area contributed by atoms with E-state index in [9.17, 15) is 18.3 Å². The van der Waals surface area contributed by atoms with Crippen molar-refractivity contribution in [3.05, 3.63) is 69.7 Å². The molecular formula is C15H12BrF3O. The van der Waals surface area contributed by atoms with Gasteiger partial charge in [-0.2, -0.15) is 13.2 Å². The lowest BCUT2D eigenvalue weighted by atomic mass is 10.00. The molecule has 0 fully saturated rings. The van der Waals surface area contributed by atoms with Gasteiger partial charge in [-0.1, -0.05) is 46.3 Å². The number of alkyl halides is 3. The topological polar surface area (TPSA) is 20.2 Å². The summed E-state index contributed by atoms with van der Waals surface area (Å²) >= 11 is 3.29. The molecule has 0 spiro atoms. The molecule has 106 valence electrons. The fourth-order valence-corrected chi connectivity index (χ4v) is 2.17. The summed E-state index contributed by atoms with van der Waals surface area (Å²) in [6.45, 7) is 0. The molecule has 2 aromatic carbocycles. The Morgan fingerprint density at radius 3 is 2.30 bits per heavy atom. The SMILES string of the molecule is OC(Cc1cccc(C(F)(F)F)c1)c1ccc(Br)cc1. The summed E-state index contributed by atoms with van der Waals surface area (Å²) in [4.78, 5) is 0. The number of benzene rings is 2. The van der Waals surface area contributed by atoms with Crippen molar-refractivity contribution in [1.82, 2.24) is 0 Å². The molecule has 0 aromatic heterocycles. The number of halogens is 4. The van der Waals surface area contributed by atoms with Gasteiger partial charge in [0.2, 0.25) is 0 Å². The fourth-order valence-electron chi connectivity index (χ4n) is 1.90. The van der Waals surface area contributed by atoms with Crippen molar-refractivity contribution < 1.29 is 18.3 Å². The molecule has 5 heteroatoms. The lowest BCUT2D eigenvalue weighted by Gasteiger charge is -2.13. The minimum Gasteiger partial charge on any atom is -0.388 e. The summed E-state index contributed by atoms with van der Waals surface area (Å²) in [6.07, 6.45) is -5.05. The van der Waals surface area contributed by atoms with Gasteiger partial charge in [0.15, 0.2) is 0 Å². The van der Waals surface area contributed by atoms with Crippen LogP contribution in [-0.2, 0) is 12.6 Å². The molecule has 0 amide bonds. The van der Waals surface area contributed by atoms with Crippen molar-refractivity contribution in [1.29, 1.82) is 0 Å². The minimum atomic E-state index is -4.36. The smallest absolute Gasteiger partial charge is 0.388 e. The average molecular weight is 345 g/mol. The maximum Gasteiger partial charge on any atom is 0.416 e. The predicted molar refractivity (Wildman–Crippen MR) is 74.2 cm³/mol. The van der Waals surface area contributed by atoms with Crippen LogP contribution in [0.3, 0.4) is 0 Å². The number of hydrogen-bond donors (Lipinski definition) is 1. The van der Waals surface area contributed by atoms with Gasteiger partial charge in [-0.25, -0.2) is 0 Å². The zero-order valence-electron chi connectivity index (χ0n) is 10.4. The van der Waals surface area contributed by atoms with Crippen LogP contribution in [0.1, 0.15) is 22.8 Å². The average Bonchev–Trinajstić information content (AvgIpc) is 2.38. The third kappa shape index (κ3) is 3.84. The van der Waals surface area contributed by atoms with E-state index >= 15 is 0 Å². The molecule has 0 heterocycles. The van der Waals surface area contributed by atoms with Gasteiger partial charge in [0, 0.05) is 10.9 Å². The Kier molecular flexibility index (Phi) is 4.50. The first-order valence-electron chi connectivity index (χ1n) is 5.96. The molecule has 1 unspecified atom stereocenters. The highest BCUT2D eigenvalue weighted by molar-refractivity contribution is 9.10. The number of aliphatic hydroxyl groups is 1. The molecule has 2 rings (SSSR count). The van der Waals surface area contributed by atoms with Gasteiger partial charge in [0.05, 0.1) is 11.7 Å². The van der Waals surface area contributed by atoms with Gasteiger partial charge in [0.1, 0.15) is 0 Å². The van der Waals surface area contributed by atoms with Gasteiger partial charge >= 0.3 is 6.18 Å². The quantitative estimate of drug-likeness (QED) is 0.852. The van der Waals surface area contributed by atoms with Crippen molar-refractivity contribution in [3.8, 4) is 0 Å². The molecule has 1 N–H and O–H groups in total. The predicted octanol–water partition coefficient (Wildman–Crippen LogP) is 4.74. The van der Waals surface area contributed by atoms with Crippen molar-refractivity contribution in [2.24, 2.45) is 0 Å². The molecular weight excluding hydrogens is 333 g/mol. The van der Waals surface area contributed by atoms with Gasteiger partial charge in [-0.15, -0.1) is 0 Å². The van der Waals surface area contributed by atoms with Crippen molar-refractivity contribution >= 4 is 15.9 Å². The Bertz CT molecular complexity index is 578. The standard InChI is InChI=1S/C15H12BrF3O/c16-13-6-4-11(5-7-13)14(20)9-10-2-1-3-12(8-10)15(17,18)19/h1-8,14,20H,9H2. The van der Waals surface area contributed by atoms with Crippen molar-refractivity contribution in [2.75, 3.05) is 0 Å². The van der Waals surface area contributed by atoms with Crippen molar-refractivity contribution in [3.63, 3.8) is 0 Å².